The van der Waals surface area contributed by atoms with Crippen molar-refractivity contribution in [2.24, 2.45) is 0 Å². The number of aliphatic hydroxyl groups is 2. The molecule has 0 saturated carbocycles. The second-order valence-corrected chi connectivity index (χ2v) is 4.19. The summed E-state index contributed by atoms with van der Waals surface area (Å²) in [6.07, 6.45) is 2.62. The number of aromatic nitrogens is 2. The van der Waals surface area contributed by atoms with Crippen LogP contribution in [-0.2, 0) is 6.54 Å². The van der Waals surface area contributed by atoms with E-state index >= 15 is 0 Å². The van der Waals surface area contributed by atoms with Crippen molar-refractivity contribution in [1.82, 2.24) is 9.55 Å². The molecule has 0 aliphatic heterocycles. The van der Waals surface area contributed by atoms with Gasteiger partial charge in [0.25, 0.3) is 0 Å². The summed E-state index contributed by atoms with van der Waals surface area (Å²) in [5.41, 5.74) is 0.882. The summed E-state index contributed by atoms with van der Waals surface area (Å²) in [4.78, 5) is 4.23. The molecule has 0 aliphatic carbocycles. The number of rotatable bonds is 4. The monoisotopic (exact) mass is 252 g/mol. The van der Waals surface area contributed by atoms with Crippen LogP contribution in [0.4, 0.5) is 0 Å². The molecule has 1 heterocycles. The summed E-state index contributed by atoms with van der Waals surface area (Å²) < 4.78 is 1.78. The number of hydrogen-bond acceptors (Lipinski definition) is 3. The Labute approximate surface area is 104 Å². The first-order valence-electron chi connectivity index (χ1n) is 5.26. The van der Waals surface area contributed by atoms with Gasteiger partial charge in [-0.05, 0) is 12.1 Å². The molecule has 5 heteroatoms. The molecule has 0 spiro atoms. The van der Waals surface area contributed by atoms with Gasteiger partial charge in [-0.2, -0.15) is 0 Å². The van der Waals surface area contributed by atoms with Crippen molar-refractivity contribution in [3.05, 3.63) is 41.7 Å². The fraction of sp³-hybridized carbons (Fsp3) is 0.250. The predicted molar refractivity (Wildman–Crippen MR) is 65.8 cm³/mol. The van der Waals surface area contributed by atoms with Gasteiger partial charge < -0.3 is 14.8 Å². The molecule has 17 heavy (non-hydrogen) atoms. The minimum Gasteiger partial charge on any atom is -0.394 e. The van der Waals surface area contributed by atoms with Crippen LogP contribution < -0.4 is 0 Å². The quantitative estimate of drug-likeness (QED) is 0.868. The van der Waals surface area contributed by atoms with E-state index in [4.69, 9.17) is 16.7 Å². The fourth-order valence-electron chi connectivity index (χ4n) is 1.63. The van der Waals surface area contributed by atoms with Crippen LogP contribution in [0, 0.1) is 0 Å². The number of imidazole rings is 1. The molecular weight excluding hydrogens is 240 g/mol. The lowest BCUT2D eigenvalue weighted by atomic mass is 10.2. The number of halogens is 1. The summed E-state index contributed by atoms with van der Waals surface area (Å²) in [5.74, 6) is 0.722. The zero-order valence-electron chi connectivity index (χ0n) is 9.12. The highest BCUT2D eigenvalue weighted by Crippen LogP contribution is 2.21. The summed E-state index contributed by atoms with van der Waals surface area (Å²) in [7, 11) is 0. The van der Waals surface area contributed by atoms with E-state index in [2.05, 4.69) is 4.98 Å². The van der Waals surface area contributed by atoms with Gasteiger partial charge in [0.15, 0.2) is 0 Å². The van der Waals surface area contributed by atoms with Gasteiger partial charge in [0.1, 0.15) is 5.82 Å². The fourth-order valence-corrected chi connectivity index (χ4v) is 1.82. The Morgan fingerprint density at radius 1 is 1.41 bits per heavy atom. The van der Waals surface area contributed by atoms with Crippen LogP contribution >= 0.6 is 11.6 Å². The van der Waals surface area contributed by atoms with Gasteiger partial charge in [0, 0.05) is 23.0 Å². The van der Waals surface area contributed by atoms with Gasteiger partial charge in [0.2, 0.25) is 0 Å². The first-order chi connectivity index (χ1) is 8.20. The predicted octanol–water partition coefficient (Wildman–Crippen LogP) is 1.56. The average molecular weight is 253 g/mol. The standard InChI is InChI=1S/C12H13ClN2O2/c13-10-3-1-2-9(6-10)12-14-4-5-15(12)7-11(17)8-16/h1-6,11,16-17H,7-8H2. The van der Waals surface area contributed by atoms with E-state index in [-0.39, 0.29) is 6.61 Å². The van der Waals surface area contributed by atoms with Crippen molar-refractivity contribution in [1.29, 1.82) is 0 Å². The lowest BCUT2D eigenvalue weighted by Gasteiger charge is -2.11. The highest BCUT2D eigenvalue weighted by atomic mass is 35.5. The van der Waals surface area contributed by atoms with Crippen LogP contribution in [0.2, 0.25) is 5.02 Å². The smallest absolute Gasteiger partial charge is 0.140 e. The van der Waals surface area contributed by atoms with E-state index in [0.29, 0.717) is 11.6 Å². The lowest BCUT2D eigenvalue weighted by Crippen LogP contribution is -2.19. The molecular formula is C12H13ClN2O2. The summed E-state index contributed by atoms with van der Waals surface area (Å²) >= 11 is 5.92. The maximum atomic E-state index is 9.43. The maximum absolute atomic E-state index is 9.43. The molecule has 0 saturated heterocycles. The van der Waals surface area contributed by atoms with Gasteiger partial charge in [-0.3, -0.25) is 0 Å². The molecule has 1 aromatic carbocycles. The molecule has 0 bridgehead atoms. The summed E-state index contributed by atoms with van der Waals surface area (Å²) in [5, 5.41) is 18.9. The van der Waals surface area contributed by atoms with Gasteiger partial charge in [0.05, 0.1) is 19.3 Å². The van der Waals surface area contributed by atoms with Crippen LogP contribution in [0.3, 0.4) is 0 Å². The maximum Gasteiger partial charge on any atom is 0.140 e. The van der Waals surface area contributed by atoms with Crippen LogP contribution in [0.5, 0.6) is 0 Å². The normalized spacial score (nSPS) is 12.6. The zero-order valence-corrected chi connectivity index (χ0v) is 9.88. The molecule has 2 N–H and O–H groups in total. The van der Waals surface area contributed by atoms with E-state index in [1.54, 1.807) is 23.0 Å². The van der Waals surface area contributed by atoms with Crippen LogP contribution in [0.25, 0.3) is 11.4 Å². The lowest BCUT2D eigenvalue weighted by molar-refractivity contribution is 0.0816. The zero-order chi connectivity index (χ0) is 12.3. The van der Waals surface area contributed by atoms with Gasteiger partial charge in [-0.1, -0.05) is 23.7 Å². The van der Waals surface area contributed by atoms with E-state index in [9.17, 15) is 5.11 Å². The topological polar surface area (TPSA) is 58.3 Å². The minimum absolute atomic E-state index is 0.271. The van der Waals surface area contributed by atoms with Crippen molar-refractivity contribution < 1.29 is 10.2 Å². The highest BCUT2D eigenvalue weighted by Gasteiger charge is 2.09. The van der Waals surface area contributed by atoms with E-state index in [0.717, 1.165) is 11.4 Å². The number of nitrogens with zero attached hydrogens (tertiary/aromatic N) is 2. The van der Waals surface area contributed by atoms with Gasteiger partial charge >= 0.3 is 0 Å². The summed E-state index contributed by atoms with van der Waals surface area (Å²) in [6.45, 7) is 0.0332. The highest BCUT2D eigenvalue weighted by molar-refractivity contribution is 6.30. The van der Waals surface area contributed by atoms with Crippen molar-refractivity contribution in [3.8, 4) is 11.4 Å². The van der Waals surface area contributed by atoms with Crippen LogP contribution in [-0.4, -0.2) is 32.5 Å². The molecule has 90 valence electrons. The van der Waals surface area contributed by atoms with E-state index in [1.165, 1.54) is 0 Å². The van der Waals surface area contributed by atoms with Gasteiger partial charge in [-0.15, -0.1) is 0 Å². The number of benzene rings is 1. The Morgan fingerprint density at radius 2 is 2.24 bits per heavy atom. The van der Waals surface area contributed by atoms with Crippen molar-refractivity contribution >= 4 is 11.6 Å². The van der Waals surface area contributed by atoms with Crippen molar-refractivity contribution in [2.75, 3.05) is 6.61 Å². The summed E-state index contributed by atoms with van der Waals surface area (Å²) in [6, 6.07) is 7.35. The van der Waals surface area contributed by atoms with E-state index < -0.39 is 6.10 Å². The third-order valence-corrected chi connectivity index (χ3v) is 2.65. The molecule has 0 aliphatic rings. The molecule has 2 rings (SSSR count). The van der Waals surface area contributed by atoms with E-state index in [1.807, 2.05) is 18.2 Å². The Bertz CT molecular complexity index is 499. The Morgan fingerprint density at radius 3 is 2.94 bits per heavy atom. The van der Waals surface area contributed by atoms with Crippen LogP contribution in [0.1, 0.15) is 0 Å². The minimum atomic E-state index is -0.790. The Kier molecular flexibility index (Phi) is 3.78. The van der Waals surface area contributed by atoms with Crippen molar-refractivity contribution in [2.45, 2.75) is 12.6 Å². The third kappa shape index (κ3) is 2.85. The second-order valence-electron chi connectivity index (χ2n) is 3.75. The molecule has 1 unspecified atom stereocenters. The molecule has 2 aromatic rings. The molecule has 0 fully saturated rings. The molecule has 1 atom stereocenters. The Hall–Kier alpha value is -1.36. The van der Waals surface area contributed by atoms with Gasteiger partial charge in [-0.25, -0.2) is 4.98 Å². The van der Waals surface area contributed by atoms with Crippen LogP contribution in [0.15, 0.2) is 36.7 Å². The first kappa shape index (κ1) is 12.1. The SMILES string of the molecule is OCC(O)Cn1ccnc1-c1cccc(Cl)c1. The van der Waals surface area contributed by atoms with Crippen molar-refractivity contribution in [3.63, 3.8) is 0 Å². The Balaban J connectivity index is 2.30. The largest absolute Gasteiger partial charge is 0.394 e. The third-order valence-electron chi connectivity index (χ3n) is 2.42. The molecule has 1 aromatic heterocycles. The molecule has 4 nitrogen and oxygen atoms in total. The molecule has 0 radical (unpaired) electrons. The number of aliphatic hydroxyl groups excluding tert-OH is 2. The average Bonchev–Trinajstić information content (AvgIpc) is 2.77. The second kappa shape index (κ2) is 5.31. The number of hydrogen-bond donors (Lipinski definition) is 2. The molecule has 0 amide bonds. The first-order valence-corrected chi connectivity index (χ1v) is 5.64.